The first-order valence-corrected chi connectivity index (χ1v) is 4.51. The molecule has 0 saturated carbocycles. The van der Waals surface area contributed by atoms with E-state index < -0.39 is 11.7 Å². The zero-order valence-electron chi connectivity index (χ0n) is 8.42. The summed E-state index contributed by atoms with van der Waals surface area (Å²) in [5.41, 5.74) is 5.20. The summed E-state index contributed by atoms with van der Waals surface area (Å²) in [6, 6.07) is 4.07. The predicted octanol–water partition coefficient (Wildman–Crippen LogP) is 0.523. The van der Waals surface area contributed by atoms with Gasteiger partial charge in [-0.05, 0) is 12.1 Å². The Labute approximate surface area is 87.2 Å². The third kappa shape index (κ3) is 2.92. The zero-order valence-corrected chi connectivity index (χ0v) is 8.42. The standard InChI is InChI=1S/C10H13FN2O2/c1-15-7-2-3-8(9(11)6-7)10(14)13-5-4-12/h2-3,6H,4-5,12H2,1H3,(H,13,14). The van der Waals surface area contributed by atoms with E-state index in [0.29, 0.717) is 18.8 Å². The molecule has 0 radical (unpaired) electrons. The van der Waals surface area contributed by atoms with Crippen LogP contribution in [-0.4, -0.2) is 26.1 Å². The molecule has 1 amide bonds. The van der Waals surface area contributed by atoms with Crippen LogP contribution >= 0.6 is 0 Å². The molecule has 0 unspecified atom stereocenters. The van der Waals surface area contributed by atoms with Crippen LogP contribution in [0.25, 0.3) is 0 Å². The smallest absolute Gasteiger partial charge is 0.254 e. The van der Waals surface area contributed by atoms with E-state index in [2.05, 4.69) is 5.32 Å². The van der Waals surface area contributed by atoms with E-state index in [0.717, 1.165) is 6.07 Å². The third-order valence-electron chi connectivity index (χ3n) is 1.85. The second kappa shape index (κ2) is 5.31. The molecule has 3 N–H and O–H groups in total. The number of halogens is 1. The number of nitrogens with one attached hydrogen (secondary N) is 1. The minimum absolute atomic E-state index is 0.00995. The molecule has 82 valence electrons. The van der Waals surface area contributed by atoms with Gasteiger partial charge < -0.3 is 15.8 Å². The second-order valence-electron chi connectivity index (χ2n) is 2.89. The Morgan fingerprint density at radius 2 is 2.33 bits per heavy atom. The summed E-state index contributed by atoms with van der Waals surface area (Å²) in [6.07, 6.45) is 0. The third-order valence-corrected chi connectivity index (χ3v) is 1.85. The van der Waals surface area contributed by atoms with E-state index in [4.69, 9.17) is 10.5 Å². The summed E-state index contributed by atoms with van der Waals surface area (Å²) in [5.74, 6) is -0.702. The van der Waals surface area contributed by atoms with Gasteiger partial charge in [0.1, 0.15) is 11.6 Å². The van der Waals surface area contributed by atoms with Gasteiger partial charge in [-0.2, -0.15) is 0 Å². The van der Waals surface area contributed by atoms with Crippen LogP contribution in [0, 0.1) is 5.82 Å². The number of hydrogen-bond donors (Lipinski definition) is 2. The lowest BCUT2D eigenvalue weighted by molar-refractivity contribution is 0.0950. The molecule has 15 heavy (non-hydrogen) atoms. The summed E-state index contributed by atoms with van der Waals surface area (Å²) >= 11 is 0. The van der Waals surface area contributed by atoms with Crippen LogP contribution in [0.3, 0.4) is 0 Å². The van der Waals surface area contributed by atoms with Gasteiger partial charge in [0, 0.05) is 19.2 Å². The van der Waals surface area contributed by atoms with Gasteiger partial charge in [0.2, 0.25) is 0 Å². The SMILES string of the molecule is COc1ccc(C(=O)NCCN)c(F)c1. The number of carbonyl (C=O) groups excluding carboxylic acids is 1. The predicted molar refractivity (Wildman–Crippen MR) is 54.3 cm³/mol. The Balaban J connectivity index is 2.81. The van der Waals surface area contributed by atoms with Crippen LogP contribution in [0.5, 0.6) is 5.75 Å². The average molecular weight is 212 g/mol. The lowest BCUT2D eigenvalue weighted by Gasteiger charge is -2.06. The van der Waals surface area contributed by atoms with Crippen LogP contribution in [0.2, 0.25) is 0 Å². The fourth-order valence-corrected chi connectivity index (χ4v) is 1.09. The van der Waals surface area contributed by atoms with Gasteiger partial charge in [-0.15, -0.1) is 0 Å². The largest absolute Gasteiger partial charge is 0.497 e. The lowest BCUT2D eigenvalue weighted by atomic mass is 10.2. The molecule has 0 aliphatic carbocycles. The molecule has 4 nitrogen and oxygen atoms in total. The van der Waals surface area contributed by atoms with Crippen LogP contribution in [0.1, 0.15) is 10.4 Å². The number of ether oxygens (including phenoxy) is 1. The topological polar surface area (TPSA) is 64.3 Å². The minimum Gasteiger partial charge on any atom is -0.497 e. The highest BCUT2D eigenvalue weighted by molar-refractivity contribution is 5.94. The molecule has 0 atom stereocenters. The van der Waals surface area contributed by atoms with Crippen molar-refractivity contribution in [2.75, 3.05) is 20.2 Å². The van der Waals surface area contributed by atoms with Crippen molar-refractivity contribution in [2.24, 2.45) is 5.73 Å². The van der Waals surface area contributed by atoms with Gasteiger partial charge in [0.05, 0.1) is 12.7 Å². The lowest BCUT2D eigenvalue weighted by Crippen LogP contribution is -2.29. The summed E-state index contributed by atoms with van der Waals surface area (Å²) in [5, 5.41) is 2.48. The van der Waals surface area contributed by atoms with Crippen molar-refractivity contribution in [3.05, 3.63) is 29.6 Å². The molecule has 0 heterocycles. The number of amides is 1. The van der Waals surface area contributed by atoms with Crippen molar-refractivity contribution >= 4 is 5.91 Å². The van der Waals surface area contributed by atoms with E-state index in [9.17, 15) is 9.18 Å². The number of rotatable bonds is 4. The van der Waals surface area contributed by atoms with Gasteiger partial charge in [0.25, 0.3) is 5.91 Å². The van der Waals surface area contributed by atoms with Crippen LogP contribution in [0.4, 0.5) is 4.39 Å². The Bertz CT molecular complexity index is 355. The molecular formula is C10H13FN2O2. The maximum atomic E-state index is 13.3. The van der Waals surface area contributed by atoms with Gasteiger partial charge in [0.15, 0.2) is 0 Å². The summed E-state index contributed by atoms with van der Waals surface area (Å²) in [4.78, 5) is 11.4. The van der Waals surface area contributed by atoms with Gasteiger partial charge >= 0.3 is 0 Å². The highest BCUT2D eigenvalue weighted by Crippen LogP contribution is 2.15. The maximum Gasteiger partial charge on any atom is 0.254 e. The molecule has 0 fully saturated rings. The first-order valence-electron chi connectivity index (χ1n) is 4.51. The average Bonchev–Trinajstić information content (AvgIpc) is 2.25. The van der Waals surface area contributed by atoms with Crippen molar-refractivity contribution in [3.8, 4) is 5.75 Å². The van der Waals surface area contributed by atoms with E-state index in [1.807, 2.05) is 0 Å². The highest BCUT2D eigenvalue weighted by atomic mass is 19.1. The first kappa shape index (κ1) is 11.5. The summed E-state index contributed by atoms with van der Waals surface area (Å²) in [7, 11) is 1.43. The van der Waals surface area contributed by atoms with Gasteiger partial charge in [-0.25, -0.2) is 4.39 Å². The zero-order chi connectivity index (χ0) is 11.3. The fourth-order valence-electron chi connectivity index (χ4n) is 1.09. The molecule has 0 aromatic heterocycles. The number of benzene rings is 1. The molecule has 0 aliphatic rings. The van der Waals surface area contributed by atoms with Crippen molar-refractivity contribution < 1.29 is 13.9 Å². The van der Waals surface area contributed by atoms with Crippen LogP contribution < -0.4 is 15.8 Å². The Kier molecular flexibility index (Phi) is 4.05. The summed E-state index contributed by atoms with van der Waals surface area (Å²) in [6.45, 7) is 0.647. The minimum atomic E-state index is -0.608. The monoisotopic (exact) mass is 212 g/mol. The van der Waals surface area contributed by atoms with Crippen molar-refractivity contribution in [1.82, 2.24) is 5.32 Å². The number of hydrogen-bond acceptors (Lipinski definition) is 3. The van der Waals surface area contributed by atoms with Gasteiger partial charge in [-0.1, -0.05) is 0 Å². The van der Waals surface area contributed by atoms with Crippen LogP contribution in [-0.2, 0) is 0 Å². The molecular weight excluding hydrogens is 199 g/mol. The first-order chi connectivity index (χ1) is 7.19. The Morgan fingerprint density at radius 3 is 2.87 bits per heavy atom. The maximum absolute atomic E-state index is 13.3. The fraction of sp³-hybridized carbons (Fsp3) is 0.300. The molecule has 1 aromatic rings. The van der Waals surface area contributed by atoms with E-state index in [1.54, 1.807) is 0 Å². The van der Waals surface area contributed by atoms with Gasteiger partial charge in [-0.3, -0.25) is 4.79 Å². The normalized spacial score (nSPS) is 9.80. The molecule has 0 spiro atoms. The Hall–Kier alpha value is -1.62. The number of nitrogens with two attached hydrogens (primary N) is 1. The molecule has 5 heteroatoms. The van der Waals surface area contributed by atoms with E-state index in [1.165, 1.54) is 19.2 Å². The quantitative estimate of drug-likeness (QED) is 0.764. The van der Waals surface area contributed by atoms with Crippen LogP contribution in [0.15, 0.2) is 18.2 Å². The number of carbonyl (C=O) groups is 1. The Morgan fingerprint density at radius 1 is 1.60 bits per heavy atom. The van der Waals surface area contributed by atoms with E-state index in [-0.39, 0.29) is 5.56 Å². The summed E-state index contributed by atoms with van der Waals surface area (Å²) < 4.78 is 18.2. The van der Waals surface area contributed by atoms with Crippen molar-refractivity contribution in [1.29, 1.82) is 0 Å². The molecule has 1 aromatic carbocycles. The molecule has 1 rings (SSSR count). The van der Waals surface area contributed by atoms with Crippen molar-refractivity contribution in [3.63, 3.8) is 0 Å². The highest BCUT2D eigenvalue weighted by Gasteiger charge is 2.11. The van der Waals surface area contributed by atoms with Crippen molar-refractivity contribution in [2.45, 2.75) is 0 Å². The molecule has 0 saturated heterocycles. The molecule has 0 aliphatic heterocycles. The number of methoxy groups -OCH3 is 1. The van der Waals surface area contributed by atoms with E-state index >= 15 is 0 Å². The second-order valence-corrected chi connectivity index (χ2v) is 2.89. The molecule has 0 bridgehead atoms.